The number of hydrogen-bond acceptors (Lipinski definition) is 3. The number of aryl methyl sites for hydroxylation is 1. The zero-order valence-corrected chi connectivity index (χ0v) is 13.5. The van der Waals surface area contributed by atoms with Crippen molar-refractivity contribution in [3.8, 4) is 0 Å². The number of amides is 1. The van der Waals surface area contributed by atoms with Crippen LogP contribution in [0.15, 0.2) is 4.79 Å². The van der Waals surface area contributed by atoms with Crippen molar-refractivity contribution in [2.45, 2.75) is 53.0 Å². The zero-order valence-electron chi connectivity index (χ0n) is 12.6. The fraction of sp³-hybridized carbons (Fsp3) is 0.733. The molecule has 0 spiro atoms. The van der Waals surface area contributed by atoms with Crippen LogP contribution in [0.25, 0.3) is 0 Å². The van der Waals surface area contributed by atoms with E-state index >= 15 is 0 Å². The van der Waals surface area contributed by atoms with E-state index in [9.17, 15) is 9.59 Å². The smallest absolute Gasteiger partial charge is 0.307 e. The van der Waals surface area contributed by atoms with Gasteiger partial charge in [-0.05, 0) is 39.0 Å². The van der Waals surface area contributed by atoms with Gasteiger partial charge in [-0.1, -0.05) is 18.3 Å². The second-order valence-electron chi connectivity index (χ2n) is 5.83. The van der Waals surface area contributed by atoms with Gasteiger partial charge in [0, 0.05) is 36.6 Å². The van der Waals surface area contributed by atoms with E-state index < -0.39 is 0 Å². The third-order valence-electron chi connectivity index (χ3n) is 4.29. The molecule has 1 aliphatic rings. The molecule has 1 fully saturated rings. The van der Waals surface area contributed by atoms with Crippen LogP contribution < -0.4 is 4.87 Å². The van der Waals surface area contributed by atoms with Crippen molar-refractivity contribution in [1.82, 2.24) is 9.47 Å². The molecule has 1 atom stereocenters. The topological polar surface area (TPSA) is 42.3 Å². The van der Waals surface area contributed by atoms with Crippen molar-refractivity contribution < 1.29 is 4.79 Å². The maximum atomic E-state index is 12.3. The lowest BCUT2D eigenvalue weighted by molar-refractivity contribution is -0.131. The van der Waals surface area contributed by atoms with Gasteiger partial charge in [0.1, 0.15) is 0 Å². The van der Waals surface area contributed by atoms with Gasteiger partial charge in [0.25, 0.3) is 0 Å². The van der Waals surface area contributed by atoms with Crippen LogP contribution in [0.1, 0.15) is 43.2 Å². The standard InChI is InChI=1S/C15H24N2O2S/c1-11-5-4-8-16(9-6-11)14(18)7-10-17-12(2)13(3)20-15(17)19/h11H,4-10H2,1-3H3. The maximum absolute atomic E-state index is 12.3. The molecule has 1 amide bonds. The van der Waals surface area contributed by atoms with E-state index in [0.29, 0.717) is 13.0 Å². The highest BCUT2D eigenvalue weighted by Crippen LogP contribution is 2.17. The van der Waals surface area contributed by atoms with Crippen LogP contribution in [0.2, 0.25) is 0 Å². The lowest BCUT2D eigenvalue weighted by Gasteiger charge is -2.20. The molecule has 0 N–H and O–H groups in total. The molecule has 1 saturated heterocycles. The first-order valence-electron chi connectivity index (χ1n) is 7.43. The maximum Gasteiger partial charge on any atom is 0.307 e. The van der Waals surface area contributed by atoms with Gasteiger partial charge >= 0.3 is 4.87 Å². The number of rotatable bonds is 3. The molecule has 2 rings (SSSR count). The van der Waals surface area contributed by atoms with Gasteiger partial charge in [-0.25, -0.2) is 0 Å². The first-order valence-corrected chi connectivity index (χ1v) is 8.25. The third-order valence-corrected chi connectivity index (χ3v) is 5.29. The highest BCUT2D eigenvalue weighted by Gasteiger charge is 2.19. The number of likely N-dealkylation sites (tertiary alicyclic amines) is 1. The van der Waals surface area contributed by atoms with Crippen molar-refractivity contribution in [1.29, 1.82) is 0 Å². The van der Waals surface area contributed by atoms with Crippen molar-refractivity contribution in [3.05, 3.63) is 20.2 Å². The largest absolute Gasteiger partial charge is 0.343 e. The number of hydrogen-bond donors (Lipinski definition) is 0. The summed E-state index contributed by atoms with van der Waals surface area (Å²) in [5.74, 6) is 0.909. The Morgan fingerprint density at radius 2 is 2.05 bits per heavy atom. The van der Waals surface area contributed by atoms with E-state index in [1.54, 1.807) is 4.57 Å². The number of carbonyl (C=O) groups is 1. The predicted molar refractivity (Wildman–Crippen MR) is 82.3 cm³/mol. The summed E-state index contributed by atoms with van der Waals surface area (Å²) in [7, 11) is 0. The van der Waals surface area contributed by atoms with Gasteiger partial charge in [0.15, 0.2) is 0 Å². The Hall–Kier alpha value is -1.10. The fourth-order valence-corrected chi connectivity index (χ4v) is 3.58. The molecule has 1 aromatic rings. The van der Waals surface area contributed by atoms with Crippen LogP contribution in [0.5, 0.6) is 0 Å². The summed E-state index contributed by atoms with van der Waals surface area (Å²) < 4.78 is 1.73. The second kappa shape index (κ2) is 6.57. The lowest BCUT2D eigenvalue weighted by atomic mass is 10.0. The van der Waals surface area contributed by atoms with E-state index in [0.717, 1.165) is 42.4 Å². The molecule has 20 heavy (non-hydrogen) atoms. The summed E-state index contributed by atoms with van der Waals surface area (Å²) in [5.41, 5.74) is 0.997. The van der Waals surface area contributed by atoms with Crippen molar-refractivity contribution >= 4 is 17.2 Å². The van der Waals surface area contributed by atoms with E-state index in [1.807, 2.05) is 18.7 Å². The Bertz CT molecular complexity index is 532. The third kappa shape index (κ3) is 3.51. The molecule has 0 radical (unpaired) electrons. The van der Waals surface area contributed by atoms with Crippen LogP contribution in [0, 0.1) is 19.8 Å². The molecule has 5 heteroatoms. The molecular weight excluding hydrogens is 272 g/mol. The quantitative estimate of drug-likeness (QED) is 0.860. The Morgan fingerprint density at radius 1 is 1.30 bits per heavy atom. The minimum Gasteiger partial charge on any atom is -0.343 e. The van der Waals surface area contributed by atoms with E-state index in [2.05, 4.69) is 6.92 Å². The van der Waals surface area contributed by atoms with Gasteiger partial charge in [-0.2, -0.15) is 0 Å². The monoisotopic (exact) mass is 296 g/mol. The van der Waals surface area contributed by atoms with Gasteiger partial charge in [-0.3, -0.25) is 9.59 Å². The molecular formula is C15H24N2O2S. The number of nitrogens with zero attached hydrogens (tertiary/aromatic N) is 2. The second-order valence-corrected chi connectivity index (χ2v) is 6.99. The van der Waals surface area contributed by atoms with E-state index in [4.69, 9.17) is 0 Å². The van der Waals surface area contributed by atoms with Gasteiger partial charge in [-0.15, -0.1) is 0 Å². The van der Waals surface area contributed by atoms with E-state index in [-0.39, 0.29) is 10.8 Å². The average molecular weight is 296 g/mol. The summed E-state index contributed by atoms with van der Waals surface area (Å²) in [6.45, 7) is 8.42. The molecule has 0 bridgehead atoms. The number of aromatic nitrogens is 1. The molecule has 112 valence electrons. The van der Waals surface area contributed by atoms with E-state index in [1.165, 1.54) is 17.8 Å². The molecule has 0 saturated carbocycles. The van der Waals surface area contributed by atoms with Crippen LogP contribution in [-0.4, -0.2) is 28.5 Å². The van der Waals surface area contributed by atoms with Crippen LogP contribution in [-0.2, 0) is 11.3 Å². The summed E-state index contributed by atoms with van der Waals surface area (Å²) >= 11 is 1.27. The average Bonchev–Trinajstić information content (AvgIpc) is 2.59. The van der Waals surface area contributed by atoms with Crippen LogP contribution in [0.4, 0.5) is 0 Å². The summed E-state index contributed by atoms with van der Waals surface area (Å²) in [6, 6.07) is 0. The van der Waals surface area contributed by atoms with Gasteiger partial charge in [0.2, 0.25) is 5.91 Å². The number of thiazole rings is 1. The molecule has 1 aliphatic heterocycles. The number of carbonyl (C=O) groups excluding carboxylic acids is 1. The molecule has 0 aromatic carbocycles. The first kappa shape index (κ1) is 15.3. The Balaban J connectivity index is 1.93. The SMILES string of the molecule is Cc1sc(=O)n(CCC(=O)N2CCCC(C)CC2)c1C. The lowest BCUT2D eigenvalue weighted by Crippen LogP contribution is -2.33. The molecule has 2 heterocycles. The molecule has 1 aromatic heterocycles. The molecule has 1 unspecified atom stereocenters. The van der Waals surface area contributed by atoms with Gasteiger partial charge < -0.3 is 9.47 Å². The van der Waals surface area contributed by atoms with Crippen LogP contribution in [0.3, 0.4) is 0 Å². The zero-order chi connectivity index (χ0) is 14.7. The first-order chi connectivity index (χ1) is 9.49. The minimum atomic E-state index is 0.0530. The highest BCUT2D eigenvalue weighted by atomic mass is 32.1. The Labute approximate surface area is 124 Å². The molecule has 0 aliphatic carbocycles. The minimum absolute atomic E-state index is 0.0530. The van der Waals surface area contributed by atoms with Gasteiger partial charge in [0.05, 0.1) is 0 Å². The van der Waals surface area contributed by atoms with Crippen molar-refractivity contribution in [2.75, 3.05) is 13.1 Å². The summed E-state index contributed by atoms with van der Waals surface area (Å²) in [6.07, 6.45) is 3.85. The Kier molecular flexibility index (Phi) is 5.02. The van der Waals surface area contributed by atoms with Crippen molar-refractivity contribution in [3.63, 3.8) is 0 Å². The fourth-order valence-electron chi connectivity index (χ4n) is 2.72. The van der Waals surface area contributed by atoms with Crippen molar-refractivity contribution in [2.24, 2.45) is 5.92 Å². The normalized spacial score (nSPS) is 19.9. The Morgan fingerprint density at radius 3 is 2.70 bits per heavy atom. The molecule has 4 nitrogen and oxygen atoms in total. The summed E-state index contributed by atoms with van der Waals surface area (Å²) in [5, 5.41) is 0. The predicted octanol–water partition coefficient (Wildman–Crippen LogP) is 2.57. The summed E-state index contributed by atoms with van der Waals surface area (Å²) in [4.78, 5) is 27.2. The van der Waals surface area contributed by atoms with Crippen LogP contribution >= 0.6 is 11.3 Å². The highest BCUT2D eigenvalue weighted by molar-refractivity contribution is 7.09.